The van der Waals surface area contributed by atoms with Crippen LogP contribution in [0.15, 0.2) is 49.2 Å². The highest BCUT2D eigenvalue weighted by Gasteiger charge is 2.34. The average molecular weight is 466 g/mol. The molecule has 5 rings (SSSR count). The lowest BCUT2D eigenvalue weighted by Crippen LogP contribution is -2.38. The Kier molecular flexibility index (Phi) is 6.06. The molecular weight excluding hydrogens is 442 g/mol. The van der Waals surface area contributed by atoms with E-state index < -0.39 is 0 Å². The van der Waals surface area contributed by atoms with E-state index in [4.69, 9.17) is 16.6 Å². The van der Waals surface area contributed by atoms with Crippen molar-refractivity contribution in [3.8, 4) is 0 Å². The summed E-state index contributed by atoms with van der Waals surface area (Å²) in [5, 5.41) is 16.7. The molecule has 2 fully saturated rings. The van der Waals surface area contributed by atoms with Crippen molar-refractivity contribution in [2.45, 2.75) is 37.3 Å². The summed E-state index contributed by atoms with van der Waals surface area (Å²) in [6.45, 7) is 0.496. The third kappa shape index (κ3) is 4.89. The summed E-state index contributed by atoms with van der Waals surface area (Å²) in [7, 11) is 0. The lowest BCUT2D eigenvalue weighted by molar-refractivity contribution is 0.0934. The Hall–Kier alpha value is -3.30. The van der Waals surface area contributed by atoms with Gasteiger partial charge in [-0.05, 0) is 43.5 Å². The van der Waals surface area contributed by atoms with Gasteiger partial charge in [0.15, 0.2) is 5.69 Å². The minimum absolute atomic E-state index is 0.0348. The lowest BCUT2D eigenvalue weighted by atomic mass is 10.1. The van der Waals surface area contributed by atoms with E-state index >= 15 is 0 Å². The van der Waals surface area contributed by atoms with Gasteiger partial charge in [-0.15, -0.1) is 0 Å². The highest BCUT2D eigenvalue weighted by atomic mass is 35.5. The van der Waals surface area contributed by atoms with Gasteiger partial charge in [-0.25, -0.2) is 19.9 Å². The lowest BCUT2D eigenvalue weighted by Gasteiger charge is -2.23. The molecule has 0 bridgehead atoms. The van der Waals surface area contributed by atoms with E-state index in [1.807, 2.05) is 23.1 Å². The van der Waals surface area contributed by atoms with Crippen LogP contribution in [-0.4, -0.2) is 56.2 Å². The largest absolute Gasteiger partial charge is 0.394 e. The summed E-state index contributed by atoms with van der Waals surface area (Å²) in [4.78, 5) is 32.4. The van der Waals surface area contributed by atoms with E-state index in [0.29, 0.717) is 41.0 Å². The van der Waals surface area contributed by atoms with Crippen LogP contribution in [0.25, 0.3) is 0 Å². The number of aliphatic hydroxyl groups excluding tert-OH is 1. The number of anilines is 3. The zero-order chi connectivity index (χ0) is 22.8. The fraction of sp³-hybridized carbons (Fsp3) is 0.348. The quantitative estimate of drug-likeness (QED) is 0.487. The standard InChI is InChI=1S/C23H24ClN7O2/c24-15-3-6-21(27-8-15)31-11-16(7-18(31)12-32)29-23(33)22-20(28-17-9-25-13-26-10-17)5-4-19(30-22)14-1-2-14/h3-6,8-10,13-14,16,18,28,32H,1-2,7,11-12H2,(H,29,33)/t16-,18+/m1/s1. The summed E-state index contributed by atoms with van der Waals surface area (Å²) in [6.07, 6.45) is 9.10. The molecule has 2 atom stereocenters. The van der Waals surface area contributed by atoms with Gasteiger partial charge in [0.2, 0.25) is 0 Å². The first-order chi connectivity index (χ1) is 16.1. The van der Waals surface area contributed by atoms with Gasteiger partial charge >= 0.3 is 0 Å². The third-order valence-corrected chi connectivity index (χ3v) is 6.16. The van der Waals surface area contributed by atoms with Crippen LogP contribution < -0.4 is 15.5 Å². The maximum absolute atomic E-state index is 13.3. The number of nitrogens with zero attached hydrogens (tertiary/aromatic N) is 5. The molecule has 170 valence electrons. The van der Waals surface area contributed by atoms with Crippen molar-refractivity contribution in [2.75, 3.05) is 23.4 Å². The van der Waals surface area contributed by atoms with E-state index in [1.165, 1.54) is 6.33 Å². The first-order valence-electron chi connectivity index (χ1n) is 10.9. The smallest absolute Gasteiger partial charge is 0.272 e. The summed E-state index contributed by atoms with van der Waals surface area (Å²) in [6, 6.07) is 7.13. The van der Waals surface area contributed by atoms with Gasteiger partial charge in [0.1, 0.15) is 12.1 Å². The van der Waals surface area contributed by atoms with Gasteiger partial charge in [0.25, 0.3) is 5.91 Å². The molecule has 3 N–H and O–H groups in total. The molecule has 9 nitrogen and oxygen atoms in total. The van der Waals surface area contributed by atoms with Crippen LogP contribution in [0.4, 0.5) is 17.2 Å². The molecule has 1 aliphatic heterocycles. The molecule has 33 heavy (non-hydrogen) atoms. The average Bonchev–Trinajstić information content (AvgIpc) is 3.61. The predicted octanol–water partition coefficient (Wildman–Crippen LogP) is 2.91. The van der Waals surface area contributed by atoms with Crippen molar-refractivity contribution in [1.29, 1.82) is 0 Å². The molecule has 1 saturated carbocycles. The van der Waals surface area contributed by atoms with Crippen LogP contribution in [-0.2, 0) is 0 Å². The maximum Gasteiger partial charge on any atom is 0.272 e. The summed E-state index contributed by atoms with van der Waals surface area (Å²) >= 11 is 5.96. The number of carbonyl (C=O) groups excluding carboxylic acids is 1. The SMILES string of the molecule is O=C(N[C@@H]1C[C@@H](CO)N(c2ccc(Cl)cn2)C1)c1nc(C2CC2)ccc1Nc1cncnc1. The Balaban J connectivity index is 1.35. The van der Waals surface area contributed by atoms with Crippen LogP contribution >= 0.6 is 11.6 Å². The van der Waals surface area contributed by atoms with E-state index in [1.54, 1.807) is 24.7 Å². The van der Waals surface area contributed by atoms with Gasteiger partial charge < -0.3 is 20.6 Å². The topological polar surface area (TPSA) is 116 Å². The molecule has 3 aromatic rings. The predicted molar refractivity (Wildman–Crippen MR) is 125 cm³/mol. The molecule has 3 aromatic heterocycles. The van der Waals surface area contributed by atoms with Crippen LogP contribution in [0.2, 0.25) is 5.02 Å². The first kappa shape index (κ1) is 21.5. The number of amides is 1. The van der Waals surface area contributed by atoms with Crippen LogP contribution in [0.3, 0.4) is 0 Å². The first-order valence-corrected chi connectivity index (χ1v) is 11.3. The van der Waals surface area contributed by atoms with Crippen molar-refractivity contribution < 1.29 is 9.90 Å². The third-order valence-electron chi connectivity index (χ3n) is 5.93. The van der Waals surface area contributed by atoms with Crippen LogP contribution in [0.1, 0.15) is 41.4 Å². The second kappa shape index (κ2) is 9.29. The highest BCUT2D eigenvalue weighted by molar-refractivity contribution is 6.30. The Morgan fingerprint density at radius 2 is 1.97 bits per heavy atom. The van der Waals surface area contributed by atoms with E-state index in [-0.39, 0.29) is 24.6 Å². The number of rotatable bonds is 7. The van der Waals surface area contributed by atoms with Gasteiger partial charge in [0.05, 0.1) is 41.4 Å². The molecule has 1 saturated heterocycles. The number of aliphatic hydroxyl groups is 1. The minimum Gasteiger partial charge on any atom is -0.394 e. The molecule has 2 aliphatic rings. The van der Waals surface area contributed by atoms with Gasteiger partial charge in [-0.1, -0.05) is 11.6 Å². The van der Waals surface area contributed by atoms with Gasteiger partial charge in [-0.2, -0.15) is 0 Å². The highest BCUT2D eigenvalue weighted by Crippen LogP contribution is 2.39. The molecule has 0 spiro atoms. The molecular formula is C23H24ClN7O2. The number of pyridine rings is 2. The van der Waals surface area contributed by atoms with Gasteiger partial charge in [0, 0.05) is 30.4 Å². The summed E-state index contributed by atoms with van der Waals surface area (Å²) < 4.78 is 0. The second-order valence-electron chi connectivity index (χ2n) is 8.39. The number of carbonyl (C=O) groups is 1. The zero-order valence-corrected chi connectivity index (χ0v) is 18.6. The maximum atomic E-state index is 13.3. The molecule has 0 aromatic carbocycles. The number of aromatic nitrogens is 4. The molecule has 4 heterocycles. The van der Waals surface area contributed by atoms with Crippen molar-refractivity contribution in [1.82, 2.24) is 25.3 Å². The Bertz CT molecular complexity index is 1130. The molecule has 0 radical (unpaired) electrons. The van der Waals surface area contributed by atoms with Crippen molar-refractivity contribution in [2.24, 2.45) is 0 Å². The van der Waals surface area contributed by atoms with Crippen molar-refractivity contribution in [3.63, 3.8) is 0 Å². The molecule has 10 heteroatoms. The molecule has 1 amide bonds. The number of hydrogen-bond donors (Lipinski definition) is 3. The Morgan fingerprint density at radius 1 is 1.15 bits per heavy atom. The monoisotopic (exact) mass is 465 g/mol. The second-order valence-corrected chi connectivity index (χ2v) is 8.82. The van der Waals surface area contributed by atoms with Crippen molar-refractivity contribution >= 4 is 34.7 Å². The normalized spacial score (nSPS) is 20.0. The van der Waals surface area contributed by atoms with Crippen LogP contribution in [0, 0.1) is 0 Å². The Morgan fingerprint density at radius 3 is 2.67 bits per heavy atom. The van der Waals surface area contributed by atoms with Crippen molar-refractivity contribution in [3.05, 3.63) is 65.6 Å². The van der Waals surface area contributed by atoms with Crippen LogP contribution in [0.5, 0.6) is 0 Å². The number of nitrogens with one attached hydrogen (secondary N) is 2. The van der Waals surface area contributed by atoms with E-state index in [9.17, 15) is 9.90 Å². The number of halogens is 1. The number of hydrogen-bond acceptors (Lipinski definition) is 8. The summed E-state index contributed by atoms with van der Waals surface area (Å²) in [5.41, 5.74) is 2.54. The summed E-state index contributed by atoms with van der Waals surface area (Å²) in [5.74, 6) is 0.877. The van der Waals surface area contributed by atoms with Gasteiger partial charge in [-0.3, -0.25) is 4.79 Å². The fourth-order valence-corrected chi connectivity index (χ4v) is 4.25. The Labute approximate surface area is 196 Å². The van der Waals surface area contributed by atoms with E-state index in [2.05, 4.69) is 25.6 Å². The zero-order valence-electron chi connectivity index (χ0n) is 17.9. The fourth-order valence-electron chi connectivity index (χ4n) is 4.14. The van der Waals surface area contributed by atoms with E-state index in [0.717, 1.165) is 24.4 Å². The molecule has 0 unspecified atom stereocenters. The molecule has 1 aliphatic carbocycles. The minimum atomic E-state index is -0.260.